The molecule has 3 aromatic rings. The third-order valence-electron chi connectivity index (χ3n) is 3.99. The summed E-state index contributed by atoms with van der Waals surface area (Å²) in [5, 5.41) is 9.12. The first kappa shape index (κ1) is 14.5. The summed E-state index contributed by atoms with van der Waals surface area (Å²) in [6, 6.07) is 11.5. The van der Waals surface area contributed by atoms with Gasteiger partial charge in [0.25, 0.3) is 0 Å². The maximum Gasteiger partial charge on any atom is 0.134 e. The van der Waals surface area contributed by atoms with E-state index in [0.717, 1.165) is 42.4 Å². The van der Waals surface area contributed by atoms with Gasteiger partial charge < -0.3 is 9.15 Å². The Morgan fingerprint density at radius 2 is 2.22 bits per heavy atom. The summed E-state index contributed by atoms with van der Waals surface area (Å²) < 4.78 is 13.1. The summed E-state index contributed by atoms with van der Waals surface area (Å²) in [6.45, 7) is 2.10. The standard InChI is InChI=1S/C17H16ClN3O2/c18-14-3-1-2-12(8-14)17-5-4-15(23-17)9-21-10-16(19-20-21)13-6-7-22-11-13/h1-5,8,10,13H,6-7,9,11H2/t13-/m0/s1. The number of hydrogen-bond acceptors (Lipinski definition) is 4. The van der Waals surface area contributed by atoms with Crippen molar-refractivity contribution >= 4 is 11.6 Å². The van der Waals surface area contributed by atoms with E-state index in [0.29, 0.717) is 17.5 Å². The molecule has 1 atom stereocenters. The van der Waals surface area contributed by atoms with Crippen molar-refractivity contribution in [3.05, 3.63) is 59.1 Å². The monoisotopic (exact) mass is 329 g/mol. The number of benzene rings is 1. The van der Waals surface area contributed by atoms with Crippen molar-refractivity contribution in [3.63, 3.8) is 0 Å². The molecule has 0 N–H and O–H groups in total. The molecule has 0 radical (unpaired) electrons. The highest BCUT2D eigenvalue weighted by atomic mass is 35.5. The Hall–Kier alpha value is -2.11. The molecule has 1 aliphatic heterocycles. The van der Waals surface area contributed by atoms with Crippen LogP contribution in [0.3, 0.4) is 0 Å². The maximum absolute atomic E-state index is 6.02. The van der Waals surface area contributed by atoms with Gasteiger partial charge in [0.2, 0.25) is 0 Å². The minimum atomic E-state index is 0.363. The Kier molecular flexibility index (Phi) is 3.89. The molecule has 0 unspecified atom stereocenters. The molecule has 1 aromatic carbocycles. The first-order valence-corrected chi connectivity index (χ1v) is 7.98. The van der Waals surface area contributed by atoms with Gasteiger partial charge in [0, 0.05) is 29.3 Å². The molecule has 0 saturated carbocycles. The van der Waals surface area contributed by atoms with E-state index < -0.39 is 0 Å². The molecule has 0 spiro atoms. The molecule has 3 heterocycles. The van der Waals surface area contributed by atoms with E-state index in [1.165, 1.54) is 0 Å². The molecule has 1 aliphatic rings. The Balaban J connectivity index is 1.49. The van der Waals surface area contributed by atoms with Gasteiger partial charge in [-0.1, -0.05) is 28.9 Å². The zero-order valence-electron chi connectivity index (χ0n) is 12.5. The molecule has 6 heteroatoms. The lowest BCUT2D eigenvalue weighted by atomic mass is 10.1. The van der Waals surface area contributed by atoms with E-state index in [4.69, 9.17) is 20.8 Å². The minimum Gasteiger partial charge on any atom is -0.459 e. The van der Waals surface area contributed by atoms with E-state index in [9.17, 15) is 0 Å². The zero-order chi connectivity index (χ0) is 15.6. The van der Waals surface area contributed by atoms with Crippen molar-refractivity contribution in [2.75, 3.05) is 13.2 Å². The summed E-state index contributed by atoms with van der Waals surface area (Å²) in [7, 11) is 0. The third kappa shape index (κ3) is 3.16. The lowest BCUT2D eigenvalue weighted by molar-refractivity contribution is 0.193. The van der Waals surface area contributed by atoms with E-state index >= 15 is 0 Å². The fourth-order valence-electron chi connectivity index (χ4n) is 2.76. The van der Waals surface area contributed by atoms with Crippen molar-refractivity contribution in [2.24, 2.45) is 0 Å². The first-order valence-electron chi connectivity index (χ1n) is 7.60. The van der Waals surface area contributed by atoms with Gasteiger partial charge in [-0.05, 0) is 30.7 Å². The number of rotatable bonds is 4. The van der Waals surface area contributed by atoms with Crippen LogP contribution in [0.1, 0.15) is 23.8 Å². The summed E-state index contributed by atoms with van der Waals surface area (Å²) in [5.74, 6) is 1.99. The SMILES string of the molecule is Clc1cccc(-c2ccc(Cn3cc([C@H]4CCOC4)nn3)o2)c1. The normalized spacial score (nSPS) is 17.7. The number of halogens is 1. The van der Waals surface area contributed by atoms with Crippen molar-refractivity contribution in [1.29, 1.82) is 0 Å². The quantitative estimate of drug-likeness (QED) is 0.731. The molecular weight excluding hydrogens is 314 g/mol. The van der Waals surface area contributed by atoms with Crippen LogP contribution >= 0.6 is 11.6 Å². The van der Waals surface area contributed by atoms with Gasteiger partial charge in [0.15, 0.2) is 0 Å². The predicted octanol–water partition coefficient (Wildman–Crippen LogP) is 3.74. The molecule has 1 saturated heterocycles. The van der Waals surface area contributed by atoms with Crippen LogP contribution < -0.4 is 0 Å². The first-order chi connectivity index (χ1) is 11.3. The van der Waals surface area contributed by atoms with Crippen molar-refractivity contribution in [2.45, 2.75) is 18.9 Å². The van der Waals surface area contributed by atoms with Crippen LogP contribution in [0.4, 0.5) is 0 Å². The van der Waals surface area contributed by atoms with E-state index in [-0.39, 0.29) is 0 Å². The van der Waals surface area contributed by atoms with Crippen molar-refractivity contribution in [1.82, 2.24) is 15.0 Å². The molecule has 0 amide bonds. The number of hydrogen-bond donors (Lipinski definition) is 0. The largest absolute Gasteiger partial charge is 0.459 e. The summed E-state index contributed by atoms with van der Waals surface area (Å²) in [6.07, 6.45) is 2.99. The average molecular weight is 330 g/mol. The van der Waals surface area contributed by atoms with Crippen LogP contribution in [0, 0.1) is 0 Å². The Labute approximate surface area is 138 Å². The minimum absolute atomic E-state index is 0.363. The van der Waals surface area contributed by atoms with Gasteiger partial charge in [-0.15, -0.1) is 5.10 Å². The Morgan fingerprint density at radius 1 is 1.26 bits per heavy atom. The van der Waals surface area contributed by atoms with E-state index in [1.54, 1.807) is 4.68 Å². The summed E-state index contributed by atoms with van der Waals surface area (Å²) in [5.41, 5.74) is 1.95. The molecule has 2 aromatic heterocycles. The number of nitrogens with zero attached hydrogens (tertiary/aromatic N) is 3. The van der Waals surface area contributed by atoms with Gasteiger partial charge in [0.1, 0.15) is 18.1 Å². The van der Waals surface area contributed by atoms with Crippen LogP contribution in [-0.2, 0) is 11.3 Å². The fraction of sp³-hybridized carbons (Fsp3) is 0.294. The lowest BCUT2D eigenvalue weighted by Crippen LogP contribution is -1.99. The van der Waals surface area contributed by atoms with Crippen molar-refractivity contribution in [3.8, 4) is 11.3 Å². The molecule has 1 fully saturated rings. The fourth-order valence-corrected chi connectivity index (χ4v) is 2.96. The molecular formula is C17H16ClN3O2. The van der Waals surface area contributed by atoms with Gasteiger partial charge in [-0.3, -0.25) is 0 Å². The highest BCUT2D eigenvalue weighted by Gasteiger charge is 2.21. The highest BCUT2D eigenvalue weighted by molar-refractivity contribution is 6.30. The van der Waals surface area contributed by atoms with Gasteiger partial charge in [0.05, 0.1) is 12.3 Å². The molecule has 0 aliphatic carbocycles. The zero-order valence-corrected chi connectivity index (χ0v) is 13.2. The molecule has 4 rings (SSSR count). The summed E-state index contributed by atoms with van der Waals surface area (Å²) in [4.78, 5) is 0. The van der Waals surface area contributed by atoms with E-state index in [1.807, 2.05) is 42.6 Å². The van der Waals surface area contributed by atoms with Crippen LogP contribution in [0.2, 0.25) is 5.02 Å². The molecule has 5 nitrogen and oxygen atoms in total. The number of ether oxygens (including phenoxy) is 1. The van der Waals surface area contributed by atoms with E-state index in [2.05, 4.69) is 10.3 Å². The summed E-state index contributed by atoms with van der Waals surface area (Å²) >= 11 is 6.02. The highest BCUT2D eigenvalue weighted by Crippen LogP contribution is 2.26. The Morgan fingerprint density at radius 3 is 3.04 bits per heavy atom. The van der Waals surface area contributed by atoms with Crippen LogP contribution in [0.15, 0.2) is 47.0 Å². The maximum atomic E-state index is 6.02. The molecule has 0 bridgehead atoms. The van der Waals surface area contributed by atoms with Gasteiger partial charge in [-0.2, -0.15) is 0 Å². The smallest absolute Gasteiger partial charge is 0.134 e. The van der Waals surface area contributed by atoms with Crippen LogP contribution in [0.25, 0.3) is 11.3 Å². The Bertz CT molecular complexity index is 806. The lowest BCUT2D eigenvalue weighted by Gasteiger charge is -2.00. The average Bonchev–Trinajstić information content (AvgIpc) is 3.29. The number of aromatic nitrogens is 3. The molecule has 23 heavy (non-hydrogen) atoms. The second kappa shape index (κ2) is 6.18. The van der Waals surface area contributed by atoms with Crippen molar-refractivity contribution < 1.29 is 9.15 Å². The topological polar surface area (TPSA) is 53.1 Å². The molecule has 118 valence electrons. The second-order valence-electron chi connectivity index (χ2n) is 5.68. The van der Waals surface area contributed by atoms with Crippen LogP contribution in [0.5, 0.6) is 0 Å². The third-order valence-corrected chi connectivity index (χ3v) is 4.23. The van der Waals surface area contributed by atoms with Gasteiger partial charge in [-0.25, -0.2) is 4.68 Å². The second-order valence-corrected chi connectivity index (χ2v) is 6.11. The van der Waals surface area contributed by atoms with Gasteiger partial charge >= 0.3 is 0 Å². The van der Waals surface area contributed by atoms with Crippen LogP contribution in [-0.4, -0.2) is 28.2 Å². The predicted molar refractivity (Wildman–Crippen MR) is 86.5 cm³/mol. The number of furan rings is 1.